The third-order valence-corrected chi connectivity index (χ3v) is 4.65. The van der Waals surface area contributed by atoms with Gasteiger partial charge in [0.25, 0.3) is 0 Å². The summed E-state index contributed by atoms with van der Waals surface area (Å²) in [6, 6.07) is 0. The lowest BCUT2D eigenvalue weighted by molar-refractivity contribution is -0.123. The Morgan fingerprint density at radius 2 is 1.61 bits per heavy atom. The zero-order valence-corrected chi connectivity index (χ0v) is 16.3. The molecule has 0 aromatic carbocycles. The molecule has 0 aliphatic heterocycles. The molecule has 1 unspecified atom stereocenters. The highest BCUT2D eigenvalue weighted by molar-refractivity contribution is 5.76. The monoisotopic (exact) mass is 326 g/mol. The van der Waals surface area contributed by atoms with Gasteiger partial charge in [-0.1, -0.05) is 55.0 Å². The lowest BCUT2D eigenvalue weighted by atomic mass is 9.71. The van der Waals surface area contributed by atoms with Gasteiger partial charge in [0.1, 0.15) is 0 Å². The summed E-state index contributed by atoms with van der Waals surface area (Å²) in [7, 11) is 0. The molecule has 0 rings (SSSR count). The Hall–Kier alpha value is -1.03. The fourth-order valence-corrected chi connectivity index (χ4v) is 2.73. The van der Waals surface area contributed by atoms with Gasteiger partial charge in [-0.15, -0.1) is 0 Å². The Morgan fingerprint density at radius 3 is 2.04 bits per heavy atom. The second-order valence-corrected chi connectivity index (χ2v) is 8.42. The highest BCUT2D eigenvalue weighted by Crippen LogP contribution is 2.39. The summed E-state index contributed by atoms with van der Waals surface area (Å²) in [5.41, 5.74) is 0.734. The molecule has 0 saturated carbocycles. The van der Waals surface area contributed by atoms with Gasteiger partial charge in [0.2, 0.25) is 5.91 Å². The van der Waals surface area contributed by atoms with E-state index in [1.807, 2.05) is 13.8 Å². The van der Waals surface area contributed by atoms with Gasteiger partial charge in [0, 0.05) is 37.2 Å². The maximum Gasteiger partial charge on any atom is 0.220 e. The first-order valence-corrected chi connectivity index (χ1v) is 8.75. The Kier molecular flexibility index (Phi) is 8.89. The number of carbonyl (C=O) groups excluding carboxylic acids is 1. The average molecular weight is 327 g/mol. The Balaban J connectivity index is 4.31. The Bertz CT molecular complexity index is 389. The van der Waals surface area contributed by atoms with Crippen LogP contribution in [0.15, 0.2) is 12.3 Å². The van der Waals surface area contributed by atoms with Crippen molar-refractivity contribution in [3.63, 3.8) is 0 Å². The van der Waals surface area contributed by atoms with E-state index < -0.39 is 0 Å². The standard InChI is InChI=1S/C19H38N2O2/c1-14(2)11-19(8,15(3)4)16(5)20-9-10-21-17(23)12-18(6,7)13-22/h14-15,20,22H,5,9-13H2,1-4,6-8H3,(H,21,23). The lowest BCUT2D eigenvalue weighted by Crippen LogP contribution is -2.39. The number of aliphatic hydroxyl groups excluding tert-OH is 1. The number of aliphatic hydroxyl groups is 1. The number of hydrogen-bond donors (Lipinski definition) is 3. The maximum absolute atomic E-state index is 11.8. The summed E-state index contributed by atoms with van der Waals surface area (Å²) >= 11 is 0. The van der Waals surface area contributed by atoms with Crippen molar-refractivity contribution in [2.24, 2.45) is 22.7 Å². The second kappa shape index (κ2) is 9.31. The molecule has 1 atom stereocenters. The number of hydrogen-bond acceptors (Lipinski definition) is 3. The number of amides is 1. The molecule has 0 radical (unpaired) electrons. The molecule has 0 bridgehead atoms. The molecule has 0 aliphatic carbocycles. The number of allylic oxidation sites excluding steroid dienone is 1. The largest absolute Gasteiger partial charge is 0.396 e. The highest BCUT2D eigenvalue weighted by Gasteiger charge is 2.32. The zero-order chi connectivity index (χ0) is 18.3. The lowest BCUT2D eigenvalue weighted by Gasteiger charge is -2.38. The third kappa shape index (κ3) is 7.87. The van der Waals surface area contributed by atoms with Crippen molar-refractivity contribution in [1.82, 2.24) is 10.6 Å². The summed E-state index contributed by atoms with van der Waals surface area (Å²) in [6.07, 6.45) is 1.43. The molecular weight excluding hydrogens is 288 g/mol. The van der Waals surface area contributed by atoms with Crippen LogP contribution in [-0.4, -0.2) is 30.7 Å². The average Bonchev–Trinajstić information content (AvgIpc) is 2.41. The molecule has 23 heavy (non-hydrogen) atoms. The van der Waals surface area contributed by atoms with E-state index in [1.54, 1.807) is 0 Å². The number of carbonyl (C=O) groups is 1. The number of nitrogens with one attached hydrogen (secondary N) is 2. The van der Waals surface area contributed by atoms with Crippen molar-refractivity contribution < 1.29 is 9.90 Å². The zero-order valence-electron chi connectivity index (χ0n) is 16.3. The third-order valence-electron chi connectivity index (χ3n) is 4.65. The predicted octanol–water partition coefficient (Wildman–Crippen LogP) is 3.32. The molecule has 0 aliphatic rings. The molecule has 0 fully saturated rings. The van der Waals surface area contributed by atoms with Gasteiger partial charge >= 0.3 is 0 Å². The van der Waals surface area contributed by atoms with Crippen LogP contribution in [0.2, 0.25) is 0 Å². The van der Waals surface area contributed by atoms with Crippen molar-refractivity contribution in [3.8, 4) is 0 Å². The van der Waals surface area contributed by atoms with Gasteiger partial charge in [-0.3, -0.25) is 4.79 Å². The van der Waals surface area contributed by atoms with Gasteiger partial charge in [0.05, 0.1) is 0 Å². The molecule has 0 heterocycles. The smallest absolute Gasteiger partial charge is 0.220 e. The Labute approximate surface area is 143 Å². The summed E-state index contributed by atoms with van der Waals surface area (Å²) < 4.78 is 0. The van der Waals surface area contributed by atoms with Crippen molar-refractivity contribution in [2.75, 3.05) is 19.7 Å². The van der Waals surface area contributed by atoms with E-state index in [2.05, 4.69) is 51.8 Å². The van der Waals surface area contributed by atoms with Crippen LogP contribution in [0.5, 0.6) is 0 Å². The molecule has 4 heteroatoms. The predicted molar refractivity (Wildman–Crippen MR) is 98.0 cm³/mol. The topological polar surface area (TPSA) is 61.4 Å². The molecule has 4 nitrogen and oxygen atoms in total. The molecule has 1 amide bonds. The minimum atomic E-state index is -0.366. The van der Waals surface area contributed by atoms with Crippen LogP contribution in [-0.2, 0) is 4.79 Å². The minimum Gasteiger partial charge on any atom is -0.396 e. The van der Waals surface area contributed by atoms with Crippen LogP contribution in [0.3, 0.4) is 0 Å². The Morgan fingerprint density at radius 1 is 1.09 bits per heavy atom. The van der Waals surface area contributed by atoms with Crippen LogP contribution >= 0.6 is 0 Å². The van der Waals surface area contributed by atoms with Crippen molar-refractivity contribution in [3.05, 3.63) is 12.3 Å². The molecule has 0 aromatic heterocycles. The van der Waals surface area contributed by atoms with E-state index in [1.165, 1.54) is 0 Å². The van der Waals surface area contributed by atoms with Gasteiger partial charge in [-0.05, 0) is 23.7 Å². The van der Waals surface area contributed by atoms with E-state index >= 15 is 0 Å². The van der Waals surface area contributed by atoms with Gasteiger partial charge < -0.3 is 15.7 Å². The van der Waals surface area contributed by atoms with Crippen LogP contribution in [0, 0.1) is 22.7 Å². The summed E-state index contributed by atoms with van der Waals surface area (Å²) in [5, 5.41) is 15.5. The van der Waals surface area contributed by atoms with Crippen LogP contribution in [0.4, 0.5) is 0 Å². The SMILES string of the molecule is C=C(NCCNC(=O)CC(C)(C)CO)C(C)(CC(C)C)C(C)C. The van der Waals surface area contributed by atoms with E-state index in [0.717, 1.165) is 12.1 Å². The first kappa shape index (κ1) is 22.0. The molecule has 0 spiro atoms. The quantitative estimate of drug-likeness (QED) is 0.510. The van der Waals surface area contributed by atoms with E-state index in [4.69, 9.17) is 0 Å². The highest BCUT2D eigenvalue weighted by atomic mass is 16.3. The summed E-state index contributed by atoms with van der Waals surface area (Å²) in [5.74, 6) is 1.09. The summed E-state index contributed by atoms with van der Waals surface area (Å²) in [6.45, 7) is 20.4. The molecule has 136 valence electrons. The van der Waals surface area contributed by atoms with Gasteiger partial charge in [0.15, 0.2) is 0 Å². The molecular formula is C19H38N2O2. The van der Waals surface area contributed by atoms with Crippen LogP contribution < -0.4 is 10.6 Å². The van der Waals surface area contributed by atoms with Crippen molar-refractivity contribution >= 4 is 5.91 Å². The fraction of sp³-hybridized carbons (Fsp3) is 0.842. The normalized spacial score (nSPS) is 14.7. The maximum atomic E-state index is 11.8. The summed E-state index contributed by atoms with van der Waals surface area (Å²) in [4.78, 5) is 11.8. The second-order valence-electron chi connectivity index (χ2n) is 8.42. The number of rotatable bonds is 11. The van der Waals surface area contributed by atoms with Gasteiger partial charge in [-0.25, -0.2) is 0 Å². The first-order chi connectivity index (χ1) is 10.4. The van der Waals surface area contributed by atoms with Gasteiger partial charge in [-0.2, -0.15) is 0 Å². The van der Waals surface area contributed by atoms with E-state index in [-0.39, 0.29) is 23.3 Å². The fourth-order valence-electron chi connectivity index (χ4n) is 2.73. The molecule has 0 aromatic rings. The van der Waals surface area contributed by atoms with Crippen LogP contribution in [0.25, 0.3) is 0 Å². The van der Waals surface area contributed by atoms with Crippen molar-refractivity contribution in [1.29, 1.82) is 0 Å². The molecule has 3 N–H and O–H groups in total. The van der Waals surface area contributed by atoms with E-state index in [9.17, 15) is 9.90 Å². The molecule has 0 saturated heterocycles. The van der Waals surface area contributed by atoms with Crippen LogP contribution in [0.1, 0.15) is 61.3 Å². The van der Waals surface area contributed by atoms with E-state index in [0.29, 0.717) is 31.3 Å². The minimum absolute atomic E-state index is 0.0113. The van der Waals surface area contributed by atoms with Crippen molar-refractivity contribution in [2.45, 2.75) is 61.3 Å². The first-order valence-electron chi connectivity index (χ1n) is 8.75.